The van der Waals surface area contributed by atoms with Gasteiger partial charge in [0.2, 0.25) is 0 Å². The van der Waals surface area contributed by atoms with Crippen molar-refractivity contribution >= 4 is 11.6 Å². The molecule has 88 valence electrons. The number of halogens is 2. The van der Waals surface area contributed by atoms with E-state index in [-0.39, 0.29) is 5.82 Å². The van der Waals surface area contributed by atoms with Gasteiger partial charge >= 0.3 is 0 Å². The van der Waals surface area contributed by atoms with Crippen molar-refractivity contribution in [2.75, 3.05) is 0 Å². The number of aromatic nitrogens is 2. The van der Waals surface area contributed by atoms with Crippen molar-refractivity contribution < 1.29 is 4.39 Å². The van der Waals surface area contributed by atoms with E-state index >= 15 is 0 Å². The van der Waals surface area contributed by atoms with Gasteiger partial charge in [-0.3, -0.25) is 0 Å². The molecule has 0 spiro atoms. The molecule has 2 nitrogen and oxygen atoms in total. The summed E-state index contributed by atoms with van der Waals surface area (Å²) in [5.41, 5.74) is 2.08. The van der Waals surface area contributed by atoms with Crippen LogP contribution in [0.2, 0.25) is 5.15 Å². The van der Waals surface area contributed by atoms with Crippen LogP contribution in [0.4, 0.5) is 4.39 Å². The molecule has 0 aliphatic rings. The second-order valence-electron chi connectivity index (χ2n) is 3.74. The minimum Gasteiger partial charge on any atom is -0.233 e. The molecule has 0 amide bonds. The molecule has 0 unspecified atom stereocenters. The lowest BCUT2D eigenvalue weighted by Gasteiger charge is -2.08. The van der Waals surface area contributed by atoms with Crippen LogP contribution in [0.25, 0.3) is 11.4 Å². The maximum absolute atomic E-state index is 13.6. The number of hydrogen-bond acceptors (Lipinski definition) is 2. The second kappa shape index (κ2) is 4.80. The van der Waals surface area contributed by atoms with Gasteiger partial charge in [0.25, 0.3) is 0 Å². The Hall–Kier alpha value is -1.48. The van der Waals surface area contributed by atoms with Crippen LogP contribution in [0.1, 0.15) is 18.2 Å². The van der Waals surface area contributed by atoms with Gasteiger partial charge in [0, 0.05) is 11.3 Å². The molecule has 0 bridgehead atoms. The number of rotatable bonds is 2. The first-order valence-electron chi connectivity index (χ1n) is 5.41. The first kappa shape index (κ1) is 12.0. The van der Waals surface area contributed by atoms with E-state index in [4.69, 9.17) is 11.6 Å². The predicted octanol–water partition coefficient (Wildman–Crippen LogP) is 3.81. The fraction of sp³-hybridized carbons (Fsp3) is 0.231. The first-order chi connectivity index (χ1) is 8.13. The summed E-state index contributed by atoms with van der Waals surface area (Å²) < 4.78 is 13.6. The number of nitrogens with zero attached hydrogens (tertiary/aromatic N) is 2. The molecule has 1 aromatic heterocycles. The van der Waals surface area contributed by atoms with Crippen molar-refractivity contribution in [2.45, 2.75) is 20.3 Å². The first-order valence-corrected chi connectivity index (χ1v) is 5.79. The molecule has 2 aromatic rings. The summed E-state index contributed by atoms with van der Waals surface area (Å²) in [5.74, 6) is -0.00462. The van der Waals surface area contributed by atoms with Crippen molar-refractivity contribution in [3.05, 3.63) is 46.5 Å². The molecule has 1 aromatic carbocycles. The molecule has 0 saturated carbocycles. The number of benzene rings is 1. The summed E-state index contributed by atoms with van der Waals surface area (Å²) in [7, 11) is 0. The highest BCUT2D eigenvalue weighted by atomic mass is 35.5. The van der Waals surface area contributed by atoms with E-state index < -0.39 is 0 Å². The third-order valence-electron chi connectivity index (χ3n) is 2.63. The molecule has 0 fully saturated rings. The zero-order valence-electron chi connectivity index (χ0n) is 9.67. The minimum atomic E-state index is -0.341. The van der Waals surface area contributed by atoms with Crippen LogP contribution in [0.3, 0.4) is 0 Å². The Bertz CT molecular complexity index is 532. The molecule has 0 radical (unpaired) electrons. The van der Waals surface area contributed by atoms with Gasteiger partial charge in [0.05, 0.1) is 5.56 Å². The quantitative estimate of drug-likeness (QED) is 0.758. The Morgan fingerprint density at radius 2 is 1.94 bits per heavy atom. The highest BCUT2D eigenvalue weighted by Gasteiger charge is 2.12. The molecule has 1 heterocycles. The molecule has 0 atom stereocenters. The molecular weight excluding hydrogens is 239 g/mol. The third-order valence-corrected chi connectivity index (χ3v) is 2.94. The van der Waals surface area contributed by atoms with Crippen molar-refractivity contribution in [1.29, 1.82) is 0 Å². The molecular formula is C13H12ClFN2. The highest BCUT2D eigenvalue weighted by molar-refractivity contribution is 6.30. The Balaban J connectivity index is 2.59. The summed E-state index contributed by atoms with van der Waals surface area (Å²) >= 11 is 6.06. The van der Waals surface area contributed by atoms with Crippen LogP contribution < -0.4 is 0 Å². The van der Waals surface area contributed by atoms with Crippen LogP contribution in [0.5, 0.6) is 0 Å². The average Bonchev–Trinajstić information content (AvgIpc) is 2.29. The topological polar surface area (TPSA) is 25.8 Å². The highest BCUT2D eigenvalue weighted by Crippen LogP contribution is 2.24. The van der Waals surface area contributed by atoms with Crippen LogP contribution >= 0.6 is 11.6 Å². The van der Waals surface area contributed by atoms with E-state index in [1.165, 1.54) is 6.07 Å². The van der Waals surface area contributed by atoms with Crippen LogP contribution in [0.15, 0.2) is 24.3 Å². The van der Waals surface area contributed by atoms with Gasteiger partial charge in [-0.2, -0.15) is 0 Å². The average molecular weight is 251 g/mol. The molecule has 2 rings (SSSR count). The standard InChI is InChI=1S/C13H12ClFN2/c1-3-9-8(2)16-13(17-12(9)14)10-6-4-5-7-11(10)15/h4-7H,3H2,1-2H3. The number of aryl methyl sites for hydroxylation is 1. The Labute approximate surface area is 104 Å². The van der Waals surface area contributed by atoms with E-state index in [1.807, 2.05) is 13.8 Å². The molecule has 4 heteroatoms. The van der Waals surface area contributed by atoms with Gasteiger partial charge < -0.3 is 0 Å². The van der Waals surface area contributed by atoms with E-state index in [1.54, 1.807) is 18.2 Å². The fourth-order valence-electron chi connectivity index (χ4n) is 1.73. The normalized spacial score (nSPS) is 10.6. The SMILES string of the molecule is CCc1c(C)nc(-c2ccccc2F)nc1Cl. The van der Waals surface area contributed by atoms with Crippen molar-refractivity contribution in [3.8, 4) is 11.4 Å². The maximum Gasteiger partial charge on any atom is 0.164 e. The smallest absolute Gasteiger partial charge is 0.164 e. The van der Waals surface area contributed by atoms with Gasteiger partial charge in [-0.05, 0) is 25.5 Å². The maximum atomic E-state index is 13.6. The minimum absolute atomic E-state index is 0.336. The lowest BCUT2D eigenvalue weighted by Crippen LogP contribution is -2.00. The van der Waals surface area contributed by atoms with Crippen LogP contribution in [0, 0.1) is 12.7 Å². The van der Waals surface area contributed by atoms with E-state index in [0.717, 1.165) is 17.7 Å². The van der Waals surface area contributed by atoms with Gasteiger partial charge in [-0.1, -0.05) is 30.7 Å². The lowest BCUT2D eigenvalue weighted by molar-refractivity contribution is 0.630. The summed E-state index contributed by atoms with van der Waals surface area (Å²) in [6.45, 7) is 3.84. The largest absolute Gasteiger partial charge is 0.233 e. The molecule has 0 saturated heterocycles. The zero-order chi connectivity index (χ0) is 12.4. The lowest BCUT2D eigenvalue weighted by atomic mass is 10.1. The summed E-state index contributed by atoms with van der Waals surface area (Å²) in [5, 5.41) is 0.401. The molecule has 0 aliphatic carbocycles. The zero-order valence-corrected chi connectivity index (χ0v) is 10.4. The second-order valence-corrected chi connectivity index (χ2v) is 4.09. The van der Waals surface area contributed by atoms with Gasteiger partial charge in [-0.15, -0.1) is 0 Å². The Morgan fingerprint density at radius 1 is 1.24 bits per heavy atom. The predicted molar refractivity (Wildman–Crippen MR) is 66.6 cm³/mol. The van der Waals surface area contributed by atoms with Crippen LogP contribution in [-0.4, -0.2) is 9.97 Å². The number of hydrogen-bond donors (Lipinski definition) is 0. The summed E-state index contributed by atoms with van der Waals surface area (Å²) in [6.07, 6.45) is 0.766. The summed E-state index contributed by atoms with van der Waals surface area (Å²) in [4.78, 5) is 8.45. The Kier molecular flexibility index (Phi) is 3.38. The van der Waals surface area contributed by atoms with Crippen LogP contribution in [-0.2, 0) is 6.42 Å². The Morgan fingerprint density at radius 3 is 2.53 bits per heavy atom. The molecule has 17 heavy (non-hydrogen) atoms. The van der Waals surface area contributed by atoms with E-state index in [9.17, 15) is 4.39 Å². The summed E-state index contributed by atoms with van der Waals surface area (Å²) in [6, 6.07) is 6.41. The molecule has 0 aliphatic heterocycles. The van der Waals surface area contributed by atoms with Crippen molar-refractivity contribution in [2.24, 2.45) is 0 Å². The fourth-order valence-corrected chi connectivity index (χ4v) is 2.08. The van der Waals surface area contributed by atoms with Crippen molar-refractivity contribution in [3.63, 3.8) is 0 Å². The third kappa shape index (κ3) is 2.29. The monoisotopic (exact) mass is 250 g/mol. The molecule has 0 N–H and O–H groups in total. The van der Waals surface area contributed by atoms with Gasteiger partial charge in [0.15, 0.2) is 5.82 Å². The van der Waals surface area contributed by atoms with Gasteiger partial charge in [-0.25, -0.2) is 14.4 Å². The van der Waals surface area contributed by atoms with Gasteiger partial charge in [0.1, 0.15) is 11.0 Å². The van der Waals surface area contributed by atoms with E-state index in [0.29, 0.717) is 16.5 Å². The van der Waals surface area contributed by atoms with E-state index in [2.05, 4.69) is 9.97 Å². The van der Waals surface area contributed by atoms with Crippen molar-refractivity contribution in [1.82, 2.24) is 9.97 Å².